The Kier molecular flexibility index (Phi) is 5.38. The molecule has 5 heteroatoms. The van der Waals surface area contributed by atoms with Crippen LogP contribution < -0.4 is 10.1 Å². The fourth-order valence-electron chi connectivity index (χ4n) is 3.95. The van der Waals surface area contributed by atoms with E-state index in [4.69, 9.17) is 9.47 Å². The minimum atomic E-state index is -0.311. The number of hydrogen-bond donors (Lipinski definition) is 1. The SMILES string of the molecule is CC1(C)C[C@@H](NC(=O)c2ccc(CN3CCOCC3)cc2)c2ccccc2O1. The maximum Gasteiger partial charge on any atom is 0.251 e. The first-order valence-corrected chi connectivity index (χ1v) is 9.98. The van der Waals surface area contributed by atoms with Crippen LogP contribution in [-0.4, -0.2) is 42.7 Å². The van der Waals surface area contributed by atoms with Crippen LogP contribution in [0, 0.1) is 0 Å². The van der Waals surface area contributed by atoms with Crippen LogP contribution in [0.4, 0.5) is 0 Å². The van der Waals surface area contributed by atoms with Gasteiger partial charge >= 0.3 is 0 Å². The van der Waals surface area contributed by atoms with Gasteiger partial charge in [0, 0.05) is 37.2 Å². The number of nitrogens with one attached hydrogen (secondary N) is 1. The van der Waals surface area contributed by atoms with Crippen molar-refractivity contribution in [1.82, 2.24) is 10.2 Å². The molecule has 4 rings (SSSR count). The van der Waals surface area contributed by atoms with E-state index < -0.39 is 0 Å². The maximum atomic E-state index is 12.9. The Morgan fingerprint density at radius 1 is 1.11 bits per heavy atom. The Bertz CT molecular complexity index is 826. The van der Waals surface area contributed by atoms with Crippen LogP contribution in [0.3, 0.4) is 0 Å². The van der Waals surface area contributed by atoms with Crippen molar-refractivity contribution in [2.24, 2.45) is 0 Å². The molecule has 0 aliphatic carbocycles. The molecule has 0 aromatic heterocycles. The summed E-state index contributed by atoms with van der Waals surface area (Å²) in [6.45, 7) is 8.52. The molecule has 5 nitrogen and oxygen atoms in total. The quantitative estimate of drug-likeness (QED) is 0.881. The molecular formula is C23H28N2O3. The second-order valence-electron chi connectivity index (χ2n) is 8.22. The molecule has 1 atom stereocenters. The third-order valence-corrected chi connectivity index (χ3v) is 5.41. The lowest BCUT2D eigenvalue weighted by Crippen LogP contribution is -2.41. The monoisotopic (exact) mass is 380 g/mol. The molecule has 2 aliphatic rings. The molecule has 2 aliphatic heterocycles. The molecule has 2 aromatic rings. The number of morpholine rings is 1. The van der Waals surface area contributed by atoms with Gasteiger partial charge in [0.15, 0.2) is 0 Å². The molecule has 1 saturated heterocycles. The summed E-state index contributed by atoms with van der Waals surface area (Å²) in [5, 5.41) is 3.20. The number of hydrogen-bond acceptors (Lipinski definition) is 4. The predicted molar refractivity (Wildman–Crippen MR) is 109 cm³/mol. The van der Waals surface area contributed by atoms with Crippen molar-refractivity contribution in [3.63, 3.8) is 0 Å². The molecule has 0 spiro atoms. The molecule has 2 aromatic carbocycles. The van der Waals surface area contributed by atoms with E-state index in [1.165, 1.54) is 5.56 Å². The van der Waals surface area contributed by atoms with Crippen LogP contribution in [0.15, 0.2) is 48.5 Å². The molecule has 148 valence electrons. The van der Waals surface area contributed by atoms with Gasteiger partial charge in [-0.15, -0.1) is 0 Å². The Hall–Kier alpha value is -2.37. The van der Waals surface area contributed by atoms with Crippen molar-refractivity contribution < 1.29 is 14.3 Å². The molecule has 1 N–H and O–H groups in total. The van der Waals surface area contributed by atoms with Gasteiger partial charge in [-0.1, -0.05) is 30.3 Å². The number of carbonyl (C=O) groups is 1. The van der Waals surface area contributed by atoms with E-state index in [9.17, 15) is 4.79 Å². The third kappa shape index (κ3) is 4.37. The van der Waals surface area contributed by atoms with Gasteiger partial charge in [-0.2, -0.15) is 0 Å². The molecular weight excluding hydrogens is 352 g/mol. The van der Waals surface area contributed by atoms with Gasteiger partial charge in [0.05, 0.1) is 19.3 Å². The lowest BCUT2D eigenvalue weighted by molar-refractivity contribution is 0.0342. The molecule has 0 bridgehead atoms. The summed E-state index contributed by atoms with van der Waals surface area (Å²) in [4.78, 5) is 15.2. The Balaban J connectivity index is 1.43. The summed E-state index contributed by atoms with van der Waals surface area (Å²) < 4.78 is 11.5. The van der Waals surface area contributed by atoms with E-state index in [0.717, 1.165) is 50.6 Å². The number of benzene rings is 2. The van der Waals surface area contributed by atoms with E-state index >= 15 is 0 Å². The molecule has 1 amide bonds. The van der Waals surface area contributed by atoms with Gasteiger partial charge in [0.25, 0.3) is 5.91 Å². The Labute approximate surface area is 166 Å². The summed E-state index contributed by atoms with van der Waals surface area (Å²) in [5.74, 6) is 0.806. The lowest BCUT2D eigenvalue weighted by Gasteiger charge is -2.37. The number of para-hydroxylation sites is 1. The van der Waals surface area contributed by atoms with Crippen molar-refractivity contribution in [3.05, 3.63) is 65.2 Å². The van der Waals surface area contributed by atoms with E-state index in [1.807, 2.05) is 48.5 Å². The van der Waals surface area contributed by atoms with Crippen LogP contribution >= 0.6 is 0 Å². The van der Waals surface area contributed by atoms with Crippen LogP contribution in [0.25, 0.3) is 0 Å². The third-order valence-electron chi connectivity index (χ3n) is 5.41. The summed E-state index contributed by atoms with van der Waals surface area (Å²) in [6.07, 6.45) is 0.741. The Morgan fingerprint density at radius 2 is 1.82 bits per heavy atom. The van der Waals surface area contributed by atoms with Gasteiger partial charge in [-0.25, -0.2) is 0 Å². The summed E-state index contributed by atoms with van der Waals surface area (Å²) >= 11 is 0. The van der Waals surface area contributed by atoms with Gasteiger partial charge < -0.3 is 14.8 Å². The summed E-state index contributed by atoms with van der Waals surface area (Å²) in [6, 6.07) is 15.8. The average molecular weight is 380 g/mol. The number of fused-ring (bicyclic) bond motifs is 1. The van der Waals surface area contributed by atoms with Crippen LogP contribution in [0.5, 0.6) is 5.75 Å². The molecule has 28 heavy (non-hydrogen) atoms. The van der Waals surface area contributed by atoms with Crippen LogP contribution in [-0.2, 0) is 11.3 Å². The van der Waals surface area contributed by atoms with E-state index in [2.05, 4.69) is 24.1 Å². The highest BCUT2D eigenvalue weighted by Crippen LogP contribution is 2.39. The van der Waals surface area contributed by atoms with E-state index in [1.54, 1.807) is 0 Å². The highest BCUT2D eigenvalue weighted by Gasteiger charge is 2.34. The molecule has 0 unspecified atom stereocenters. The van der Waals surface area contributed by atoms with E-state index in [-0.39, 0.29) is 17.6 Å². The second-order valence-corrected chi connectivity index (χ2v) is 8.22. The minimum absolute atomic E-state index is 0.0459. The summed E-state index contributed by atoms with van der Waals surface area (Å²) in [7, 11) is 0. The highest BCUT2D eigenvalue weighted by molar-refractivity contribution is 5.94. The first-order valence-electron chi connectivity index (χ1n) is 9.98. The topological polar surface area (TPSA) is 50.8 Å². The Morgan fingerprint density at radius 3 is 2.57 bits per heavy atom. The number of rotatable bonds is 4. The van der Waals surface area contributed by atoms with Crippen molar-refractivity contribution in [2.75, 3.05) is 26.3 Å². The zero-order chi connectivity index (χ0) is 19.6. The van der Waals surface area contributed by atoms with Crippen molar-refractivity contribution in [2.45, 2.75) is 38.5 Å². The van der Waals surface area contributed by atoms with Gasteiger partial charge in [0.2, 0.25) is 0 Å². The lowest BCUT2D eigenvalue weighted by atomic mass is 9.89. The normalized spacial score (nSPS) is 21.4. The molecule has 0 saturated carbocycles. The zero-order valence-electron chi connectivity index (χ0n) is 16.6. The van der Waals surface area contributed by atoms with Crippen LogP contribution in [0.1, 0.15) is 47.8 Å². The molecule has 0 radical (unpaired) electrons. The van der Waals surface area contributed by atoms with E-state index in [0.29, 0.717) is 5.56 Å². The minimum Gasteiger partial charge on any atom is -0.487 e. The van der Waals surface area contributed by atoms with Crippen molar-refractivity contribution >= 4 is 5.91 Å². The molecule has 1 fully saturated rings. The smallest absolute Gasteiger partial charge is 0.251 e. The largest absolute Gasteiger partial charge is 0.487 e. The number of amides is 1. The van der Waals surface area contributed by atoms with Crippen molar-refractivity contribution in [1.29, 1.82) is 0 Å². The summed E-state index contributed by atoms with van der Waals surface area (Å²) in [5.41, 5.74) is 2.64. The molecule has 2 heterocycles. The van der Waals surface area contributed by atoms with Gasteiger partial charge in [-0.3, -0.25) is 9.69 Å². The number of nitrogens with zero attached hydrogens (tertiary/aromatic N) is 1. The average Bonchev–Trinajstić information content (AvgIpc) is 2.68. The zero-order valence-corrected chi connectivity index (χ0v) is 16.6. The fourth-order valence-corrected chi connectivity index (χ4v) is 3.95. The number of ether oxygens (including phenoxy) is 2. The van der Waals surface area contributed by atoms with Gasteiger partial charge in [0.1, 0.15) is 11.4 Å². The maximum absolute atomic E-state index is 12.9. The first kappa shape index (κ1) is 19.0. The number of carbonyl (C=O) groups excluding carboxylic acids is 1. The highest BCUT2D eigenvalue weighted by atomic mass is 16.5. The standard InChI is InChI=1S/C23H28N2O3/c1-23(2)15-20(19-5-3-4-6-21(19)28-23)24-22(26)18-9-7-17(8-10-18)16-25-11-13-27-14-12-25/h3-10,20H,11-16H2,1-2H3,(H,24,26)/t20-/m1/s1. The van der Waals surface area contributed by atoms with Crippen LogP contribution in [0.2, 0.25) is 0 Å². The second kappa shape index (κ2) is 7.94. The van der Waals surface area contributed by atoms with Crippen molar-refractivity contribution in [3.8, 4) is 5.75 Å². The fraction of sp³-hybridized carbons (Fsp3) is 0.435. The van der Waals surface area contributed by atoms with Gasteiger partial charge in [-0.05, 0) is 37.6 Å². The predicted octanol–water partition coefficient (Wildman–Crippen LogP) is 3.55. The first-order chi connectivity index (χ1) is 13.5.